The molecule has 0 saturated carbocycles. The Labute approximate surface area is 281 Å². The first-order valence-electron chi connectivity index (χ1n) is 13.6. The molecule has 0 aromatic heterocycles. The fourth-order valence-corrected chi connectivity index (χ4v) is 3.23. The van der Waals surface area contributed by atoms with Crippen molar-refractivity contribution in [3.63, 3.8) is 0 Å². The smallest absolute Gasteiger partial charge is 0.0768 e. The quantitative estimate of drug-likeness (QED) is 0.114. The minimum Gasteiger partial charge on any atom is -0.872 e. The van der Waals surface area contributed by atoms with Crippen LogP contribution in [-0.4, -0.2) is 51.3 Å². The number of ketones is 4. The standard InChI is InChI=1S/2C10H9O2.2C8H11NO.Ti/c2*1-8(11)7-10(12)9-5-3-2-4-6-9;2*1-9(2)7-3-5-8(10)6-4-7;/h2*2-7H,1H3;2*3-6,10H,1-2H3;/q2*-1;;;/p-2. The molecule has 4 aromatic carbocycles. The Kier molecular flexibility index (Phi) is 19.5. The second-order valence-electron chi connectivity index (χ2n) is 9.75. The van der Waals surface area contributed by atoms with Crippen LogP contribution < -0.4 is 20.0 Å². The van der Waals surface area contributed by atoms with Crippen LogP contribution in [0.15, 0.2) is 109 Å². The minimum atomic E-state index is -0.233. The number of benzene rings is 4. The maximum absolute atomic E-state index is 11.2. The van der Waals surface area contributed by atoms with Gasteiger partial charge in [0, 0.05) is 72.8 Å². The average molecular weight is 643 g/mol. The van der Waals surface area contributed by atoms with Crippen LogP contribution in [0.3, 0.4) is 0 Å². The van der Waals surface area contributed by atoms with Crippen LogP contribution in [0.2, 0.25) is 0 Å². The molecule has 0 spiro atoms. The fraction of sp³-hybridized carbons (Fsp3) is 0.167. The molecule has 0 bridgehead atoms. The monoisotopic (exact) mass is 642 g/mol. The Morgan fingerprint density at radius 2 is 0.756 bits per heavy atom. The predicted octanol–water partition coefficient (Wildman–Crippen LogP) is 4.98. The summed E-state index contributed by atoms with van der Waals surface area (Å²) in [6.45, 7) is 2.72. The SMILES string of the molecule is CC(=O)[CH-]C(=O)c1ccccc1.CC(=O)[CH-]C(=O)c1ccccc1.CN(C)c1ccc([O-])cc1.CN(C)c1ccc([O-])cc1.[Ti]. The Morgan fingerprint density at radius 3 is 0.978 bits per heavy atom. The number of rotatable bonds is 8. The fourth-order valence-electron chi connectivity index (χ4n) is 3.23. The van der Waals surface area contributed by atoms with Crippen LogP contribution in [0.4, 0.5) is 11.4 Å². The molecule has 8 nitrogen and oxygen atoms in total. The first-order valence-corrected chi connectivity index (χ1v) is 13.6. The number of anilines is 2. The molecule has 0 fully saturated rings. The third-order valence-corrected chi connectivity index (χ3v) is 5.49. The second kappa shape index (κ2) is 21.8. The summed E-state index contributed by atoms with van der Waals surface area (Å²) in [6, 6.07) is 30.9. The Hall–Kier alpha value is -4.79. The van der Waals surface area contributed by atoms with E-state index < -0.39 is 0 Å². The van der Waals surface area contributed by atoms with Crippen molar-refractivity contribution in [1.29, 1.82) is 0 Å². The summed E-state index contributed by atoms with van der Waals surface area (Å²) < 4.78 is 0. The molecule has 0 heterocycles. The molecule has 0 saturated heterocycles. The summed E-state index contributed by atoms with van der Waals surface area (Å²) in [4.78, 5) is 47.4. The number of carbonyl (C=O) groups excluding carboxylic acids is 4. The minimum absolute atomic E-state index is 0. The van der Waals surface area contributed by atoms with Crippen molar-refractivity contribution in [3.8, 4) is 11.5 Å². The molecule has 4 aromatic rings. The Morgan fingerprint density at radius 1 is 0.489 bits per heavy atom. The normalized spacial score (nSPS) is 9.02. The zero-order chi connectivity index (χ0) is 33.1. The number of hydrogen-bond acceptors (Lipinski definition) is 8. The Balaban J connectivity index is 0.000000571. The summed E-state index contributed by atoms with van der Waals surface area (Å²) in [7, 11) is 7.78. The first kappa shape index (κ1) is 40.2. The molecule has 236 valence electrons. The van der Waals surface area contributed by atoms with E-state index in [0.717, 1.165) is 24.2 Å². The van der Waals surface area contributed by atoms with Crippen LogP contribution in [0.25, 0.3) is 0 Å². The van der Waals surface area contributed by atoms with Crippen molar-refractivity contribution in [3.05, 3.63) is 133 Å². The molecule has 0 amide bonds. The van der Waals surface area contributed by atoms with Gasteiger partial charge in [-0.2, -0.15) is 0 Å². The van der Waals surface area contributed by atoms with Gasteiger partial charge in [-0.1, -0.05) is 60.7 Å². The molecule has 0 radical (unpaired) electrons. The van der Waals surface area contributed by atoms with Gasteiger partial charge < -0.3 is 39.2 Å². The molecular formula is C36H38N2O6Ti-4. The van der Waals surface area contributed by atoms with E-state index in [2.05, 4.69) is 0 Å². The maximum Gasteiger partial charge on any atom is 0.0768 e. The summed E-state index contributed by atoms with van der Waals surface area (Å²) in [5.41, 5.74) is 3.21. The van der Waals surface area contributed by atoms with Gasteiger partial charge in [-0.05, 0) is 38.1 Å². The van der Waals surface area contributed by atoms with Crippen molar-refractivity contribution in [1.82, 2.24) is 0 Å². The third kappa shape index (κ3) is 17.8. The zero-order valence-electron chi connectivity index (χ0n) is 26.4. The van der Waals surface area contributed by atoms with Crippen LogP contribution in [-0.2, 0) is 31.3 Å². The van der Waals surface area contributed by atoms with E-state index in [1.807, 2.05) is 74.4 Å². The average Bonchev–Trinajstić information content (AvgIpc) is 2.99. The van der Waals surface area contributed by atoms with Crippen LogP contribution in [0, 0.1) is 12.8 Å². The van der Waals surface area contributed by atoms with E-state index in [9.17, 15) is 29.4 Å². The van der Waals surface area contributed by atoms with Gasteiger partial charge in [-0.25, -0.2) is 0 Å². The van der Waals surface area contributed by atoms with E-state index in [-0.39, 0.29) is 56.3 Å². The molecule has 0 aliphatic heterocycles. The molecule has 0 N–H and O–H groups in total. The van der Waals surface area contributed by atoms with E-state index in [4.69, 9.17) is 0 Å². The van der Waals surface area contributed by atoms with E-state index in [1.165, 1.54) is 13.8 Å². The summed E-state index contributed by atoms with van der Waals surface area (Å²) >= 11 is 0. The number of Topliss-reactive ketones (excluding diaryl/α,β-unsaturated/α-hetero) is 4. The van der Waals surface area contributed by atoms with E-state index in [1.54, 1.807) is 72.8 Å². The summed E-state index contributed by atoms with van der Waals surface area (Å²) in [5.74, 6) is -0.782. The van der Waals surface area contributed by atoms with Gasteiger partial charge in [0.15, 0.2) is 0 Å². The third-order valence-electron chi connectivity index (χ3n) is 5.49. The van der Waals surface area contributed by atoms with Gasteiger partial charge in [-0.3, -0.25) is 0 Å². The number of carbonyl (C=O) groups is 4. The second-order valence-corrected chi connectivity index (χ2v) is 9.75. The Bertz CT molecular complexity index is 1330. The van der Waals surface area contributed by atoms with Crippen molar-refractivity contribution < 1.29 is 51.1 Å². The number of hydrogen-bond donors (Lipinski definition) is 0. The summed E-state index contributed by atoms with van der Waals surface area (Å²) in [5, 5.41) is 21.3. The molecule has 0 atom stereocenters. The van der Waals surface area contributed by atoms with Crippen molar-refractivity contribution >= 4 is 34.5 Å². The maximum atomic E-state index is 11.2. The van der Waals surface area contributed by atoms with Crippen LogP contribution in [0.1, 0.15) is 34.6 Å². The van der Waals surface area contributed by atoms with Gasteiger partial charge in [-0.15, -0.1) is 59.7 Å². The van der Waals surface area contributed by atoms with Gasteiger partial charge >= 0.3 is 0 Å². The molecule has 0 aliphatic carbocycles. The van der Waals surface area contributed by atoms with Gasteiger partial charge in [0.2, 0.25) is 0 Å². The molecule has 0 aliphatic rings. The van der Waals surface area contributed by atoms with Gasteiger partial charge in [0.25, 0.3) is 0 Å². The van der Waals surface area contributed by atoms with Crippen molar-refractivity contribution in [2.75, 3.05) is 38.0 Å². The molecular weight excluding hydrogens is 604 g/mol. The van der Waals surface area contributed by atoms with E-state index in [0.29, 0.717) is 11.1 Å². The van der Waals surface area contributed by atoms with Crippen molar-refractivity contribution in [2.24, 2.45) is 0 Å². The predicted molar refractivity (Wildman–Crippen MR) is 172 cm³/mol. The van der Waals surface area contributed by atoms with Crippen LogP contribution in [0.5, 0.6) is 11.5 Å². The first-order chi connectivity index (χ1) is 20.8. The summed E-state index contributed by atoms with van der Waals surface area (Å²) in [6.07, 6.45) is 2.19. The number of nitrogens with zero attached hydrogens (tertiary/aromatic N) is 2. The molecule has 45 heavy (non-hydrogen) atoms. The molecule has 4 rings (SSSR count). The molecule has 0 unspecified atom stereocenters. The van der Waals surface area contributed by atoms with Crippen LogP contribution >= 0.6 is 0 Å². The van der Waals surface area contributed by atoms with Crippen molar-refractivity contribution in [2.45, 2.75) is 13.8 Å². The van der Waals surface area contributed by atoms with Gasteiger partial charge in [0.1, 0.15) is 0 Å². The zero-order valence-corrected chi connectivity index (χ0v) is 28.0. The van der Waals surface area contributed by atoms with Gasteiger partial charge in [0.05, 0.1) is 11.6 Å². The molecule has 9 heteroatoms. The van der Waals surface area contributed by atoms with E-state index >= 15 is 0 Å². The largest absolute Gasteiger partial charge is 0.872 e. The topological polar surface area (TPSA) is 121 Å².